The molecular formula is C20H19BrN2O3. The third-order valence-corrected chi connectivity index (χ3v) is 5.15. The van der Waals surface area contributed by atoms with Gasteiger partial charge in [-0.3, -0.25) is 19.3 Å². The summed E-state index contributed by atoms with van der Waals surface area (Å²) >= 11 is 3.49. The van der Waals surface area contributed by atoms with Gasteiger partial charge in [-0.2, -0.15) is 0 Å². The zero-order chi connectivity index (χ0) is 18.7. The van der Waals surface area contributed by atoms with Crippen LogP contribution in [0.25, 0.3) is 0 Å². The Labute approximate surface area is 160 Å². The molecule has 0 aliphatic carbocycles. The summed E-state index contributed by atoms with van der Waals surface area (Å²) in [5.74, 6) is -0.453. The molecule has 6 heteroatoms. The first-order valence-corrected chi connectivity index (χ1v) is 9.22. The average molecular weight is 415 g/mol. The van der Waals surface area contributed by atoms with Crippen LogP contribution in [0.1, 0.15) is 47.3 Å². The lowest BCUT2D eigenvalue weighted by molar-refractivity contribution is -0.139. The fourth-order valence-electron chi connectivity index (χ4n) is 2.93. The molecule has 1 heterocycles. The quantitative estimate of drug-likeness (QED) is 0.760. The molecule has 2 aromatic carbocycles. The van der Waals surface area contributed by atoms with Crippen LogP contribution in [0.2, 0.25) is 0 Å². The second-order valence-electron chi connectivity index (χ2n) is 6.29. The Hall–Kier alpha value is -2.47. The normalized spacial score (nSPS) is 15.2. The lowest BCUT2D eigenvalue weighted by Gasteiger charge is -2.16. The summed E-state index contributed by atoms with van der Waals surface area (Å²) < 4.78 is 0.947. The smallest absolute Gasteiger partial charge is 0.251 e. The van der Waals surface area contributed by atoms with E-state index in [1.807, 2.05) is 31.2 Å². The second-order valence-corrected chi connectivity index (χ2v) is 7.14. The number of rotatable bonds is 5. The average Bonchev–Trinajstić information content (AvgIpc) is 2.94. The summed E-state index contributed by atoms with van der Waals surface area (Å²) in [6.07, 6.45) is 0.568. The molecule has 0 bridgehead atoms. The Kier molecular flexibility index (Phi) is 5.52. The number of likely N-dealkylation sites (tertiary alicyclic amines) is 1. The van der Waals surface area contributed by atoms with Gasteiger partial charge < -0.3 is 5.32 Å². The maximum Gasteiger partial charge on any atom is 0.251 e. The maximum absolute atomic E-state index is 12.5. The minimum absolute atomic E-state index is 0.140. The molecule has 1 aliphatic rings. The Morgan fingerprint density at radius 1 is 1.08 bits per heavy atom. The van der Waals surface area contributed by atoms with Crippen molar-refractivity contribution in [3.05, 3.63) is 69.7 Å². The number of hydrogen-bond acceptors (Lipinski definition) is 3. The van der Waals surface area contributed by atoms with Gasteiger partial charge in [-0.25, -0.2) is 0 Å². The van der Waals surface area contributed by atoms with Gasteiger partial charge in [-0.1, -0.05) is 46.3 Å². The van der Waals surface area contributed by atoms with Crippen LogP contribution in [-0.4, -0.2) is 22.6 Å². The monoisotopic (exact) mass is 414 g/mol. The maximum atomic E-state index is 12.5. The molecule has 1 saturated heterocycles. The number of amides is 3. The Morgan fingerprint density at radius 3 is 2.31 bits per heavy atom. The molecule has 1 N–H and O–H groups in total. The molecule has 3 amide bonds. The number of carbonyl (C=O) groups is 3. The number of nitrogens with zero attached hydrogens (tertiary/aromatic N) is 1. The summed E-state index contributed by atoms with van der Waals surface area (Å²) in [5.41, 5.74) is 2.36. The van der Waals surface area contributed by atoms with E-state index in [4.69, 9.17) is 0 Å². The minimum atomic E-state index is -0.173. The Balaban J connectivity index is 1.64. The van der Waals surface area contributed by atoms with Crippen molar-refractivity contribution >= 4 is 33.7 Å². The van der Waals surface area contributed by atoms with Gasteiger partial charge in [0.05, 0.1) is 12.6 Å². The van der Waals surface area contributed by atoms with Crippen molar-refractivity contribution in [3.63, 3.8) is 0 Å². The van der Waals surface area contributed by atoms with Crippen molar-refractivity contribution in [2.45, 2.75) is 32.4 Å². The van der Waals surface area contributed by atoms with E-state index in [0.29, 0.717) is 5.56 Å². The Bertz CT molecular complexity index is 832. The van der Waals surface area contributed by atoms with E-state index < -0.39 is 0 Å². The van der Waals surface area contributed by atoms with Crippen LogP contribution in [0.5, 0.6) is 0 Å². The van der Waals surface area contributed by atoms with Gasteiger partial charge in [-0.05, 0) is 36.2 Å². The SMILES string of the molecule is CC(NC(=O)c1ccc(CN2C(=O)CCC2=O)cc1)c1ccccc1Br. The highest BCUT2D eigenvalue weighted by Gasteiger charge is 2.28. The molecule has 1 unspecified atom stereocenters. The van der Waals surface area contributed by atoms with Crippen LogP contribution in [0.15, 0.2) is 53.0 Å². The van der Waals surface area contributed by atoms with Crippen molar-refractivity contribution in [1.82, 2.24) is 10.2 Å². The predicted octanol–water partition coefficient (Wildman–Crippen LogP) is 3.59. The molecule has 134 valence electrons. The first-order chi connectivity index (χ1) is 12.5. The molecule has 0 spiro atoms. The van der Waals surface area contributed by atoms with Crippen LogP contribution in [-0.2, 0) is 16.1 Å². The highest BCUT2D eigenvalue weighted by molar-refractivity contribution is 9.10. The van der Waals surface area contributed by atoms with E-state index in [1.54, 1.807) is 24.3 Å². The zero-order valence-electron chi connectivity index (χ0n) is 14.4. The lowest BCUT2D eigenvalue weighted by Crippen LogP contribution is -2.28. The molecule has 0 saturated carbocycles. The molecule has 26 heavy (non-hydrogen) atoms. The topological polar surface area (TPSA) is 66.5 Å². The Morgan fingerprint density at radius 2 is 1.69 bits per heavy atom. The fraction of sp³-hybridized carbons (Fsp3) is 0.250. The summed E-state index contributed by atoms with van der Waals surface area (Å²) in [6.45, 7) is 2.18. The molecular weight excluding hydrogens is 396 g/mol. The first kappa shape index (κ1) is 18.3. The summed E-state index contributed by atoms with van der Waals surface area (Å²) in [5, 5.41) is 2.97. The molecule has 5 nitrogen and oxygen atoms in total. The number of benzene rings is 2. The largest absolute Gasteiger partial charge is 0.345 e. The highest BCUT2D eigenvalue weighted by atomic mass is 79.9. The van der Waals surface area contributed by atoms with Gasteiger partial charge in [-0.15, -0.1) is 0 Å². The van der Waals surface area contributed by atoms with Crippen molar-refractivity contribution < 1.29 is 14.4 Å². The third kappa shape index (κ3) is 4.02. The van der Waals surface area contributed by atoms with E-state index >= 15 is 0 Å². The fourth-order valence-corrected chi connectivity index (χ4v) is 3.56. The van der Waals surface area contributed by atoms with Gasteiger partial charge in [0.1, 0.15) is 0 Å². The minimum Gasteiger partial charge on any atom is -0.345 e. The van der Waals surface area contributed by atoms with Crippen LogP contribution in [0, 0.1) is 0 Å². The molecule has 3 rings (SSSR count). The number of carbonyl (C=O) groups excluding carboxylic acids is 3. The molecule has 2 aromatic rings. The number of imide groups is 1. The van der Waals surface area contributed by atoms with Crippen molar-refractivity contribution in [3.8, 4) is 0 Å². The molecule has 1 atom stereocenters. The van der Waals surface area contributed by atoms with E-state index in [1.165, 1.54) is 4.90 Å². The standard InChI is InChI=1S/C20H19BrN2O3/c1-13(16-4-2-3-5-17(16)21)22-20(26)15-8-6-14(7-9-15)12-23-18(24)10-11-19(23)25/h2-9,13H,10-12H2,1H3,(H,22,26). The van der Waals surface area contributed by atoms with Gasteiger partial charge in [0.2, 0.25) is 11.8 Å². The number of hydrogen-bond donors (Lipinski definition) is 1. The van der Waals surface area contributed by atoms with Crippen molar-refractivity contribution in [2.24, 2.45) is 0 Å². The van der Waals surface area contributed by atoms with Crippen LogP contribution in [0.4, 0.5) is 0 Å². The molecule has 0 aromatic heterocycles. The van der Waals surface area contributed by atoms with E-state index in [-0.39, 0.29) is 43.1 Å². The third-order valence-electron chi connectivity index (χ3n) is 4.43. The summed E-state index contributed by atoms with van der Waals surface area (Å²) in [4.78, 5) is 37.1. The summed E-state index contributed by atoms with van der Waals surface area (Å²) in [7, 11) is 0. The van der Waals surface area contributed by atoms with Crippen molar-refractivity contribution in [2.75, 3.05) is 0 Å². The molecule has 1 fully saturated rings. The van der Waals surface area contributed by atoms with Gasteiger partial charge in [0.25, 0.3) is 5.91 Å². The zero-order valence-corrected chi connectivity index (χ0v) is 16.0. The lowest BCUT2D eigenvalue weighted by atomic mass is 10.1. The van der Waals surface area contributed by atoms with Crippen LogP contribution in [0.3, 0.4) is 0 Å². The van der Waals surface area contributed by atoms with E-state index in [9.17, 15) is 14.4 Å². The van der Waals surface area contributed by atoms with Gasteiger partial charge >= 0.3 is 0 Å². The van der Waals surface area contributed by atoms with Gasteiger partial charge in [0.15, 0.2) is 0 Å². The summed E-state index contributed by atoms with van der Waals surface area (Å²) in [6, 6.07) is 14.6. The second kappa shape index (κ2) is 7.83. The number of halogens is 1. The van der Waals surface area contributed by atoms with Crippen LogP contribution < -0.4 is 5.32 Å². The van der Waals surface area contributed by atoms with Crippen LogP contribution >= 0.6 is 15.9 Å². The van der Waals surface area contributed by atoms with E-state index in [0.717, 1.165) is 15.6 Å². The van der Waals surface area contributed by atoms with Gasteiger partial charge in [0, 0.05) is 22.9 Å². The van der Waals surface area contributed by atoms with E-state index in [2.05, 4.69) is 21.2 Å². The first-order valence-electron chi connectivity index (χ1n) is 8.43. The number of nitrogens with one attached hydrogen (secondary N) is 1. The highest BCUT2D eigenvalue weighted by Crippen LogP contribution is 2.23. The predicted molar refractivity (Wildman–Crippen MR) is 101 cm³/mol. The molecule has 1 aliphatic heterocycles. The molecule has 0 radical (unpaired) electrons. The van der Waals surface area contributed by atoms with Crippen molar-refractivity contribution in [1.29, 1.82) is 0 Å².